The summed E-state index contributed by atoms with van der Waals surface area (Å²) in [7, 11) is 0. The van der Waals surface area contributed by atoms with Gasteiger partial charge in [-0.2, -0.15) is 6.07 Å². The van der Waals surface area contributed by atoms with E-state index in [0.717, 1.165) is 3.89 Å². The Labute approximate surface area is 250 Å². The molecule has 0 aliphatic heterocycles. The molecule has 0 amide bonds. The molecule has 0 aliphatic carbocycles. The Bertz CT molecular complexity index is 1230. The number of para-hydroxylation sites is 2. The minimum atomic E-state index is 0. The van der Waals surface area contributed by atoms with Crippen molar-refractivity contribution in [2.45, 2.75) is 79.1 Å². The van der Waals surface area contributed by atoms with Gasteiger partial charge in [-0.1, -0.05) is 17.4 Å². The van der Waals surface area contributed by atoms with Gasteiger partial charge >= 0.3 is 193 Å². The molecule has 0 fully saturated rings. The fraction of sp³-hybridized carbons (Fsp3) is 0.375. The van der Waals surface area contributed by atoms with Gasteiger partial charge in [-0.15, -0.1) is 30.1 Å². The minimum Gasteiger partial charge on any atom is -0.393 e. The second kappa shape index (κ2) is 14.4. The van der Waals surface area contributed by atoms with Crippen LogP contribution in [-0.2, 0) is 18.7 Å². The molecule has 208 valence electrons. The first kappa shape index (κ1) is 32.3. The van der Waals surface area contributed by atoms with E-state index in [1.807, 2.05) is 0 Å². The van der Waals surface area contributed by atoms with Crippen LogP contribution in [-0.4, -0.2) is 14.1 Å². The number of aromatic nitrogens is 3. The Morgan fingerprint density at radius 3 is 1.26 bits per heavy atom. The number of nitrogens with zero attached hydrogens (tertiary/aromatic N) is 3. The summed E-state index contributed by atoms with van der Waals surface area (Å²) in [5, 5.41) is 0.558. The van der Waals surface area contributed by atoms with Crippen LogP contribution in [0.1, 0.15) is 101 Å². The molecule has 0 N–H and O–H groups in total. The standard InChI is InChI=1S/C27H36N2.C5H3ClN.ClH.Pd/c1-18(2)22-11-9-12-23(19(3)4)26(22)28-15-16-29(17-28)27-24(20(5)6)13-10-14-25(27)21(7)8;6-5-2-1-3-7-4-5;;/h9-16,18-21H,1-8H3;1-3H;1H;/q;-1;;. The topological polar surface area (TPSA) is 22.8 Å². The zero-order valence-corrected chi connectivity index (χ0v) is 26.7. The van der Waals surface area contributed by atoms with Crippen LogP contribution < -0.4 is 0 Å². The maximum absolute atomic E-state index is 5.42. The first-order valence-corrected chi connectivity index (χ1v) is 14.2. The van der Waals surface area contributed by atoms with Crippen LogP contribution >= 0.6 is 24.0 Å². The summed E-state index contributed by atoms with van der Waals surface area (Å²) in [6.45, 7) is 18.2. The number of benzene rings is 2. The molecule has 0 saturated carbocycles. The summed E-state index contributed by atoms with van der Waals surface area (Å²) in [4.78, 5) is 3.63. The Kier molecular flexibility index (Phi) is 12.3. The van der Waals surface area contributed by atoms with Crippen LogP contribution in [0.4, 0.5) is 0 Å². The number of rotatable bonds is 6. The van der Waals surface area contributed by atoms with Crippen LogP contribution in [0.15, 0.2) is 67.1 Å². The molecule has 2 aromatic carbocycles. The molecule has 2 heterocycles. The van der Waals surface area contributed by atoms with Crippen molar-refractivity contribution in [3.8, 4) is 11.4 Å². The van der Waals surface area contributed by atoms with E-state index in [2.05, 4.69) is 143 Å². The average molecular weight is 644 g/mol. The van der Waals surface area contributed by atoms with Gasteiger partial charge in [0.2, 0.25) is 0 Å². The molecule has 0 radical (unpaired) electrons. The van der Waals surface area contributed by atoms with E-state index in [-0.39, 0.29) is 12.4 Å². The molecule has 3 nitrogen and oxygen atoms in total. The Balaban J connectivity index is 0.000000549. The molecule has 2 aromatic heterocycles. The van der Waals surface area contributed by atoms with E-state index in [4.69, 9.17) is 11.6 Å². The average Bonchev–Trinajstić information content (AvgIpc) is 3.24. The maximum atomic E-state index is 5.42. The van der Waals surface area contributed by atoms with Gasteiger partial charge in [0, 0.05) is 0 Å². The van der Waals surface area contributed by atoms with Gasteiger partial charge in [0.15, 0.2) is 0 Å². The zero-order valence-electron chi connectivity index (χ0n) is 23.6. The number of pyridine rings is 1. The van der Waals surface area contributed by atoms with Gasteiger partial charge in [-0.05, 0) is 0 Å². The van der Waals surface area contributed by atoms with Crippen LogP contribution in [0.25, 0.3) is 11.4 Å². The number of halogens is 2. The number of hydrogen-bond acceptors (Lipinski definition) is 1. The van der Waals surface area contributed by atoms with Crippen molar-refractivity contribution in [2.24, 2.45) is 0 Å². The van der Waals surface area contributed by atoms with Crippen molar-refractivity contribution < 1.29 is 18.7 Å². The molecule has 6 heteroatoms. The molecule has 4 aromatic rings. The third-order valence-electron chi connectivity index (χ3n) is 6.47. The van der Waals surface area contributed by atoms with Gasteiger partial charge in [0.05, 0.1) is 0 Å². The Morgan fingerprint density at radius 1 is 0.658 bits per heavy atom. The SMILES string of the molecule is CC(C)c1cccc(C(C)C)c1-n1ccn(-c2c(C(C)C)cccc2C(C)C)[c]1=[Pd].Cl.Clc1[c-]nccc1. The number of hydrogen-bond donors (Lipinski definition) is 0. The summed E-state index contributed by atoms with van der Waals surface area (Å²) in [5.41, 5.74) is 8.18. The molecule has 38 heavy (non-hydrogen) atoms. The molecule has 4 rings (SSSR count). The van der Waals surface area contributed by atoms with E-state index >= 15 is 0 Å². The van der Waals surface area contributed by atoms with E-state index < -0.39 is 0 Å². The zero-order chi connectivity index (χ0) is 27.3. The quantitative estimate of drug-likeness (QED) is 0.152. The second-order valence-corrected chi connectivity index (χ2v) is 11.7. The first-order valence-electron chi connectivity index (χ1n) is 13.0. The Hall–Kier alpha value is -1.96. The monoisotopic (exact) mass is 642 g/mol. The fourth-order valence-electron chi connectivity index (χ4n) is 4.57. The van der Waals surface area contributed by atoms with E-state index in [1.54, 1.807) is 18.3 Å². The summed E-state index contributed by atoms with van der Waals surface area (Å²) in [6.07, 6.45) is 8.61. The molecular weight excluding hydrogens is 604 g/mol. The normalized spacial score (nSPS) is 11.1. The van der Waals surface area contributed by atoms with Crippen molar-refractivity contribution in [1.82, 2.24) is 14.1 Å². The minimum absolute atomic E-state index is 0. The molecule has 0 spiro atoms. The molecule has 0 saturated heterocycles. The van der Waals surface area contributed by atoms with Crippen molar-refractivity contribution in [3.05, 3.63) is 104 Å². The smallest absolute Gasteiger partial charge is 0.0535 e. The van der Waals surface area contributed by atoms with Gasteiger partial charge in [0.1, 0.15) is 0 Å². The van der Waals surface area contributed by atoms with E-state index in [9.17, 15) is 0 Å². The van der Waals surface area contributed by atoms with Crippen LogP contribution in [0, 0.1) is 10.1 Å². The van der Waals surface area contributed by atoms with E-state index in [0.29, 0.717) is 28.7 Å². The summed E-state index contributed by atoms with van der Waals surface area (Å²) in [5.74, 6) is 1.83. The molecule has 0 unspecified atom stereocenters. The first-order chi connectivity index (χ1) is 17.5. The number of imidazole rings is 1. The van der Waals surface area contributed by atoms with Crippen molar-refractivity contribution >= 4 is 24.0 Å². The van der Waals surface area contributed by atoms with Gasteiger partial charge in [0.25, 0.3) is 0 Å². The Morgan fingerprint density at radius 2 is 1.03 bits per heavy atom. The fourth-order valence-corrected chi connectivity index (χ4v) is 5.27. The van der Waals surface area contributed by atoms with Crippen LogP contribution in [0.5, 0.6) is 0 Å². The van der Waals surface area contributed by atoms with Crippen molar-refractivity contribution in [2.75, 3.05) is 0 Å². The second-order valence-electron chi connectivity index (χ2n) is 10.6. The van der Waals surface area contributed by atoms with E-state index in [1.165, 1.54) is 33.6 Å². The third-order valence-corrected chi connectivity index (χ3v) is 7.43. The predicted molar refractivity (Wildman–Crippen MR) is 160 cm³/mol. The third kappa shape index (κ3) is 7.36. The summed E-state index contributed by atoms with van der Waals surface area (Å²) in [6, 6.07) is 17.0. The molecular formula is C32H40Cl2N3Pd-. The summed E-state index contributed by atoms with van der Waals surface area (Å²) >= 11 is 9.06. The van der Waals surface area contributed by atoms with Gasteiger partial charge in [-0.3, -0.25) is 0 Å². The van der Waals surface area contributed by atoms with Crippen LogP contribution in [0.3, 0.4) is 0 Å². The summed E-state index contributed by atoms with van der Waals surface area (Å²) < 4.78 is 5.78. The molecule has 0 aliphatic rings. The van der Waals surface area contributed by atoms with Gasteiger partial charge in [-0.25, -0.2) is 0 Å². The molecule has 0 atom stereocenters. The predicted octanol–water partition coefficient (Wildman–Crippen LogP) is 9.80. The van der Waals surface area contributed by atoms with Crippen molar-refractivity contribution in [3.63, 3.8) is 0 Å². The molecule has 0 bridgehead atoms. The largest absolute Gasteiger partial charge is 0.393 e. The van der Waals surface area contributed by atoms with Crippen molar-refractivity contribution in [1.29, 1.82) is 0 Å². The maximum Gasteiger partial charge on any atom is -0.0535 e. The van der Waals surface area contributed by atoms with Gasteiger partial charge < -0.3 is 4.98 Å². The van der Waals surface area contributed by atoms with Crippen LogP contribution in [0.2, 0.25) is 5.02 Å².